The Hall–Kier alpha value is -5.54. The molecule has 70 heavy (non-hydrogen) atoms. The Morgan fingerprint density at radius 3 is 1.29 bits per heavy atom. The SMILES string of the molecule is C=C(OOCCCCC)C1Nc2cccc3c(C4C(O)C(c5ccc6c7c(cccc57)NC(CC(=O)OCCCCC)C(CC(=O)OCCCCC)N6)C4O)ccc(c23)NC1C(=C)OOCCCCC. The molecule has 1 saturated carbocycles. The lowest BCUT2D eigenvalue weighted by molar-refractivity contribution is -0.271. The van der Waals surface area contributed by atoms with Crippen LogP contribution in [0.5, 0.6) is 0 Å². The number of carbonyl (C=O) groups is 2. The first-order chi connectivity index (χ1) is 34.1. The molecule has 380 valence electrons. The van der Waals surface area contributed by atoms with Crippen molar-refractivity contribution in [3.05, 3.63) is 96.5 Å². The number of aliphatic hydroxyl groups excluding tert-OH is 2. The molecule has 4 aromatic rings. The van der Waals surface area contributed by atoms with Gasteiger partial charge in [0.2, 0.25) is 0 Å². The quantitative estimate of drug-likeness (QED) is 0.0104. The maximum Gasteiger partial charge on any atom is 0.307 e. The van der Waals surface area contributed by atoms with Gasteiger partial charge in [-0.15, -0.1) is 0 Å². The Morgan fingerprint density at radius 2 is 0.871 bits per heavy atom. The molecule has 6 unspecified atom stereocenters. The summed E-state index contributed by atoms with van der Waals surface area (Å²) >= 11 is 0. The van der Waals surface area contributed by atoms with Crippen molar-refractivity contribution in [3.63, 3.8) is 0 Å². The number of anilines is 4. The number of hydrogen-bond acceptors (Lipinski definition) is 14. The van der Waals surface area contributed by atoms with Gasteiger partial charge in [0.05, 0.1) is 63.6 Å². The van der Waals surface area contributed by atoms with E-state index in [1.165, 1.54) is 0 Å². The summed E-state index contributed by atoms with van der Waals surface area (Å²) in [6.45, 7) is 18.5. The second kappa shape index (κ2) is 25.5. The van der Waals surface area contributed by atoms with Crippen molar-refractivity contribution in [2.75, 3.05) is 47.7 Å². The van der Waals surface area contributed by atoms with E-state index in [0.29, 0.717) is 37.9 Å². The number of ether oxygens (including phenoxy) is 2. The van der Waals surface area contributed by atoms with Crippen LogP contribution in [0, 0.1) is 0 Å². The average Bonchev–Trinajstić information content (AvgIpc) is 3.62. The van der Waals surface area contributed by atoms with E-state index < -0.39 is 48.2 Å². The number of hydrogen-bond donors (Lipinski definition) is 6. The van der Waals surface area contributed by atoms with Crippen molar-refractivity contribution < 1.29 is 48.8 Å². The second-order valence-electron chi connectivity index (χ2n) is 19.1. The molecule has 1 fully saturated rings. The minimum Gasteiger partial charge on any atom is -0.466 e. The minimum absolute atomic E-state index is 0.0405. The molecule has 14 heteroatoms. The molecule has 0 spiro atoms. The first kappa shape index (κ1) is 52.3. The molecular formula is C56H76N4O10. The summed E-state index contributed by atoms with van der Waals surface area (Å²) in [7, 11) is 0. The van der Waals surface area contributed by atoms with Crippen LogP contribution >= 0.6 is 0 Å². The van der Waals surface area contributed by atoms with Crippen LogP contribution in [0.2, 0.25) is 0 Å². The number of nitrogens with one attached hydrogen (secondary N) is 4. The first-order valence-corrected chi connectivity index (χ1v) is 25.9. The van der Waals surface area contributed by atoms with Crippen molar-refractivity contribution in [2.24, 2.45) is 0 Å². The maximum absolute atomic E-state index is 13.3. The van der Waals surface area contributed by atoms with E-state index in [9.17, 15) is 19.8 Å². The van der Waals surface area contributed by atoms with Crippen molar-refractivity contribution in [3.8, 4) is 0 Å². The highest BCUT2D eigenvalue weighted by Gasteiger charge is 2.52. The lowest BCUT2D eigenvalue weighted by Crippen LogP contribution is -2.51. The van der Waals surface area contributed by atoms with Crippen molar-refractivity contribution in [1.29, 1.82) is 0 Å². The second-order valence-corrected chi connectivity index (χ2v) is 19.1. The van der Waals surface area contributed by atoms with Crippen LogP contribution in [0.25, 0.3) is 21.5 Å². The minimum atomic E-state index is -0.940. The predicted octanol–water partition coefficient (Wildman–Crippen LogP) is 11.3. The van der Waals surface area contributed by atoms with E-state index in [0.717, 1.165) is 132 Å². The fraction of sp³-hybridized carbons (Fsp3) is 0.536. The van der Waals surface area contributed by atoms with E-state index in [-0.39, 0.29) is 24.8 Å². The zero-order chi connectivity index (χ0) is 49.6. The van der Waals surface area contributed by atoms with Crippen LogP contribution in [-0.2, 0) is 38.6 Å². The largest absolute Gasteiger partial charge is 0.466 e. The van der Waals surface area contributed by atoms with Crippen LogP contribution in [0.3, 0.4) is 0 Å². The van der Waals surface area contributed by atoms with E-state index in [2.05, 4.69) is 62.1 Å². The Morgan fingerprint density at radius 1 is 0.500 bits per heavy atom. The molecule has 0 bridgehead atoms. The van der Waals surface area contributed by atoms with E-state index in [1.54, 1.807) is 0 Å². The van der Waals surface area contributed by atoms with E-state index in [1.807, 2.05) is 60.7 Å². The third-order valence-corrected chi connectivity index (χ3v) is 13.9. The average molecular weight is 965 g/mol. The topological polar surface area (TPSA) is 178 Å². The molecule has 2 heterocycles. The molecule has 1 aliphatic carbocycles. The van der Waals surface area contributed by atoms with Gasteiger partial charge >= 0.3 is 11.9 Å². The van der Waals surface area contributed by atoms with Gasteiger partial charge in [-0.25, -0.2) is 0 Å². The molecule has 0 amide bonds. The summed E-state index contributed by atoms with van der Waals surface area (Å²) in [5.74, 6) is -1.25. The van der Waals surface area contributed by atoms with Gasteiger partial charge in [-0.05, 0) is 71.8 Å². The number of benzene rings is 4. The van der Waals surface area contributed by atoms with Gasteiger partial charge < -0.3 is 50.7 Å². The summed E-state index contributed by atoms with van der Waals surface area (Å²) in [5, 5.41) is 42.4. The Balaban J connectivity index is 1.15. The highest BCUT2D eigenvalue weighted by atomic mass is 17.2. The maximum atomic E-state index is 13.3. The third kappa shape index (κ3) is 12.3. The lowest BCUT2D eigenvalue weighted by Gasteiger charge is -2.48. The smallest absolute Gasteiger partial charge is 0.307 e. The van der Waals surface area contributed by atoms with Crippen LogP contribution in [0.4, 0.5) is 22.7 Å². The predicted molar refractivity (Wildman–Crippen MR) is 277 cm³/mol. The Labute approximate surface area is 413 Å². The summed E-state index contributed by atoms with van der Waals surface area (Å²) in [6, 6.07) is 17.4. The number of esters is 2. The molecule has 6 N–H and O–H groups in total. The van der Waals surface area contributed by atoms with Crippen molar-refractivity contribution in [1.82, 2.24) is 0 Å². The van der Waals surface area contributed by atoms with Gasteiger partial charge in [-0.3, -0.25) is 9.59 Å². The fourth-order valence-corrected chi connectivity index (χ4v) is 10.1. The van der Waals surface area contributed by atoms with Gasteiger partial charge in [-0.2, -0.15) is 9.78 Å². The van der Waals surface area contributed by atoms with Crippen molar-refractivity contribution >= 4 is 56.2 Å². The van der Waals surface area contributed by atoms with Gasteiger partial charge in [0.1, 0.15) is 12.1 Å². The number of carbonyl (C=O) groups excluding carboxylic acids is 2. The van der Waals surface area contributed by atoms with Gasteiger partial charge in [-0.1, -0.05) is 129 Å². The molecule has 3 aliphatic rings. The molecule has 14 nitrogen and oxygen atoms in total. The summed E-state index contributed by atoms with van der Waals surface area (Å²) in [6.07, 6.45) is 9.62. The lowest BCUT2D eigenvalue weighted by atomic mass is 9.62. The molecular weight excluding hydrogens is 889 g/mol. The number of rotatable bonds is 28. The normalized spacial score (nSPS) is 22.3. The molecule has 6 atom stereocenters. The van der Waals surface area contributed by atoms with Crippen LogP contribution < -0.4 is 21.3 Å². The molecule has 0 saturated heterocycles. The standard InChI is InChI=1S/C56H76N4O10/c1-7-11-15-29-65-47(61)33-45-46(34-48(62)66-30-16-12-8-2)58-43-27-25-39(37-21-19-23-41(57-45)49(37)43)51-55(63)52(56(51)64)40-26-28-44-50-38(40)22-20-24-42(50)59-53(35(5)69-67-31-17-13-9-3)54(60-44)36(6)70-68-32-18-14-10-4/h19-28,45-46,51-60,63-64H,5-18,29-34H2,1-4H3. The molecule has 0 radical (unpaired) electrons. The van der Waals surface area contributed by atoms with Crippen LogP contribution in [0.15, 0.2) is 85.3 Å². The monoisotopic (exact) mass is 965 g/mol. The zero-order valence-electron chi connectivity index (χ0n) is 41.7. The first-order valence-electron chi connectivity index (χ1n) is 25.9. The van der Waals surface area contributed by atoms with E-state index >= 15 is 0 Å². The van der Waals surface area contributed by atoms with Crippen LogP contribution in [-0.4, -0.2) is 85.0 Å². The zero-order valence-corrected chi connectivity index (χ0v) is 41.7. The Bertz CT molecular complexity index is 2320. The Kier molecular flexibility index (Phi) is 19.1. The highest BCUT2D eigenvalue weighted by Crippen LogP contribution is 2.53. The van der Waals surface area contributed by atoms with Gasteiger partial charge in [0.15, 0.2) is 11.5 Å². The summed E-state index contributed by atoms with van der Waals surface area (Å²) in [5.41, 5.74) is 4.71. The molecule has 4 aromatic carbocycles. The third-order valence-electron chi connectivity index (χ3n) is 13.9. The highest BCUT2D eigenvalue weighted by molar-refractivity contribution is 6.07. The summed E-state index contributed by atoms with van der Waals surface area (Å²) in [4.78, 5) is 49.3. The molecule has 0 aromatic heterocycles. The number of aliphatic hydroxyl groups is 2. The number of unbranched alkanes of at least 4 members (excludes halogenated alkanes) is 8. The van der Waals surface area contributed by atoms with Crippen molar-refractivity contribution in [2.45, 2.75) is 166 Å². The van der Waals surface area contributed by atoms with Gasteiger partial charge in [0, 0.05) is 45.4 Å². The summed E-state index contributed by atoms with van der Waals surface area (Å²) < 4.78 is 11.3. The van der Waals surface area contributed by atoms with Gasteiger partial charge in [0.25, 0.3) is 0 Å². The molecule has 2 aliphatic heterocycles. The van der Waals surface area contributed by atoms with E-state index in [4.69, 9.17) is 29.0 Å². The fourth-order valence-electron chi connectivity index (χ4n) is 10.1. The molecule has 7 rings (SSSR count). The van der Waals surface area contributed by atoms with Crippen LogP contribution in [0.1, 0.15) is 141 Å².